The molecule has 2 saturated heterocycles. The van der Waals surface area contributed by atoms with Gasteiger partial charge in [-0.15, -0.1) is 0 Å². The molecule has 0 radical (unpaired) electrons. The standard InChI is InChI=1S/C49H58N4O13/c1-23-11-10-13-48(7)28(6)43(65-48)26(4)40(57)25(3)39(56)24(2)31(62-9)12-20-63-49(8)46(60)35-33-34(41(58)27(5)44(35)66-49)42(59)38(51-47(23)61)45-37(33)50-36-30(55)21-29(22-32(36)64-45)53-16-14-52(15-17-53)18-19-54/h10-11,13,21-22,24-26,28,31,39-40,43,54-58H,14-19H2,1-9H3,(H,51,61)/b13-10+,23-11-/t24-,25+,26+,28-,31+,39-,40+,43-,48+,49+/m1/s1. The van der Waals surface area contributed by atoms with Crippen LogP contribution in [-0.2, 0) is 19.0 Å². The van der Waals surface area contributed by atoms with E-state index in [1.54, 1.807) is 39.0 Å². The van der Waals surface area contributed by atoms with Crippen LogP contribution >= 0.6 is 0 Å². The van der Waals surface area contributed by atoms with Crippen molar-refractivity contribution in [2.45, 2.75) is 91.2 Å². The number of benzene rings is 3. The number of aromatic nitrogens is 1. The van der Waals surface area contributed by atoms with Crippen molar-refractivity contribution in [2.24, 2.45) is 23.7 Å². The summed E-state index contributed by atoms with van der Waals surface area (Å²) in [5, 5.41) is 58.0. The zero-order valence-corrected chi connectivity index (χ0v) is 38.6. The predicted molar refractivity (Wildman–Crippen MR) is 245 cm³/mol. The number of anilines is 2. The van der Waals surface area contributed by atoms with E-state index in [1.807, 2.05) is 31.7 Å². The number of phenols is 2. The third kappa shape index (κ3) is 7.72. The number of fused-ring (bicyclic) bond motifs is 1. The van der Waals surface area contributed by atoms with E-state index >= 15 is 0 Å². The predicted octanol–water partition coefficient (Wildman–Crippen LogP) is 4.44. The maximum Gasteiger partial charge on any atom is 0.322 e. The molecule has 17 nitrogen and oxygen atoms in total. The first-order chi connectivity index (χ1) is 31.2. The van der Waals surface area contributed by atoms with E-state index in [2.05, 4.69) is 22.2 Å². The Bertz CT molecular complexity index is 2770. The van der Waals surface area contributed by atoms with E-state index in [-0.39, 0.29) is 91.8 Å². The van der Waals surface area contributed by atoms with Crippen LogP contribution in [0.3, 0.4) is 0 Å². The minimum atomic E-state index is -2.13. The van der Waals surface area contributed by atoms with Crippen molar-refractivity contribution < 1.29 is 58.5 Å². The van der Waals surface area contributed by atoms with E-state index in [9.17, 15) is 39.9 Å². The highest BCUT2D eigenvalue weighted by atomic mass is 16.7. The highest BCUT2D eigenvalue weighted by Crippen LogP contribution is 2.51. The topological polar surface area (TPSA) is 234 Å². The maximum absolute atomic E-state index is 14.9. The van der Waals surface area contributed by atoms with Crippen molar-refractivity contribution in [2.75, 3.05) is 56.7 Å². The van der Waals surface area contributed by atoms with Gasteiger partial charge in [0, 0.05) is 105 Å². The summed E-state index contributed by atoms with van der Waals surface area (Å²) < 4.78 is 30.6. The number of ketones is 1. The van der Waals surface area contributed by atoms with Gasteiger partial charge in [-0.3, -0.25) is 19.3 Å². The molecule has 2 aromatic rings. The van der Waals surface area contributed by atoms with Gasteiger partial charge >= 0.3 is 5.79 Å². The number of nitrogens with one attached hydrogen (secondary N) is 1. The lowest BCUT2D eigenvalue weighted by molar-refractivity contribution is -0.251. The van der Waals surface area contributed by atoms with Crippen molar-refractivity contribution in [3.05, 3.63) is 57.3 Å². The minimum absolute atomic E-state index is 0.0169. The van der Waals surface area contributed by atoms with Crippen molar-refractivity contribution in [3.63, 3.8) is 0 Å². The van der Waals surface area contributed by atoms with E-state index in [1.165, 1.54) is 27.0 Å². The van der Waals surface area contributed by atoms with Crippen LogP contribution in [0.4, 0.5) is 11.4 Å². The number of allylic oxidation sites excluding steroid dienone is 2. The molecule has 8 heterocycles. The molecule has 1 aliphatic carbocycles. The lowest BCUT2D eigenvalue weighted by atomic mass is 9.70. The molecule has 8 aliphatic heterocycles. The molecular formula is C49H58N4O13. The lowest BCUT2D eigenvalue weighted by Gasteiger charge is -2.54. The molecule has 2 fully saturated rings. The molecule has 352 valence electrons. The number of aliphatic hydroxyl groups is 3. The monoisotopic (exact) mass is 910 g/mol. The Hall–Kier alpha value is -5.74. The average Bonchev–Trinajstić information content (AvgIpc) is 3.56. The molecule has 66 heavy (non-hydrogen) atoms. The number of hydrogen-bond acceptors (Lipinski definition) is 16. The lowest BCUT2D eigenvalue weighted by Crippen LogP contribution is -2.60. The summed E-state index contributed by atoms with van der Waals surface area (Å²) in [5.41, 5.74) is -1.49. The number of ether oxygens (including phenoxy) is 4. The van der Waals surface area contributed by atoms with Gasteiger partial charge in [0.2, 0.25) is 5.43 Å². The molecule has 0 spiro atoms. The number of nitrogens with zero attached hydrogens (tertiary/aromatic N) is 3. The number of Topliss-reactive ketones (excluding diaryl/α,β-unsaturated/α-hetero) is 1. The highest BCUT2D eigenvalue weighted by Gasteiger charge is 2.53. The maximum atomic E-state index is 14.9. The van der Waals surface area contributed by atoms with Gasteiger partial charge in [0.05, 0.1) is 41.5 Å². The van der Waals surface area contributed by atoms with Crippen molar-refractivity contribution in [3.8, 4) is 40.7 Å². The Morgan fingerprint density at radius 1 is 0.970 bits per heavy atom. The van der Waals surface area contributed by atoms with Crippen LogP contribution < -0.4 is 20.4 Å². The number of β-amino-alcohol motifs (C(OH)–C–C–N with tert-alkyl or cyclic N) is 1. The van der Waals surface area contributed by atoms with Gasteiger partial charge in [0.1, 0.15) is 46.4 Å². The molecule has 0 saturated carbocycles. The second-order valence-corrected chi connectivity index (χ2v) is 18.5. The number of aliphatic hydroxyl groups excluding tert-OH is 3. The first-order valence-corrected chi connectivity index (χ1v) is 22.3. The van der Waals surface area contributed by atoms with Crippen LogP contribution in [0.15, 0.2) is 45.1 Å². The summed E-state index contributed by atoms with van der Waals surface area (Å²) >= 11 is 0. The number of phenolic OH excluding ortho intramolecular Hbond substituents is 2. The Morgan fingerprint density at radius 3 is 2.33 bits per heavy atom. The SMILES string of the molecule is CO[C@H]1C#CO[C@@]2(C)Oc3c(C)c(O)c4c(=O)c(c5oc6cc(N7CCN(CCO)CC7)cc(O)c6nc-5c4c3C2=O)NC(=O)/C(C)=C\C=C\[C@]2(C)O[C@H]([C@@H](C)[C@@H](O)[C@@H](C)[C@H](O)[C@@H]1C)[C@H]2C. The Balaban J connectivity index is 1.31. The number of piperazine rings is 1. The second-order valence-electron chi connectivity index (χ2n) is 18.5. The van der Waals surface area contributed by atoms with Gasteiger partial charge in [-0.1, -0.05) is 45.9 Å². The van der Waals surface area contributed by atoms with Crippen LogP contribution in [0, 0.1) is 42.6 Å². The van der Waals surface area contributed by atoms with Gasteiger partial charge in [-0.2, -0.15) is 0 Å². The molecule has 0 aromatic heterocycles. The smallest absolute Gasteiger partial charge is 0.322 e. The molecule has 6 N–H and O–H groups in total. The van der Waals surface area contributed by atoms with Crippen LogP contribution in [0.25, 0.3) is 33.3 Å². The third-order valence-corrected chi connectivity index (χ3v) is 14.4. The fourth-order valence-corrected chi connectivity index (χ4v) is 9.81. The number of aromatic hydroxyl groups is 2. The summed E-state index contributed by atoms with van der Waals surface area (Å²) in [7, 11) is 1.41. The second kappa shape index (κ2) is 17.5. The van der Waals surface area contributed by atoms with Crippen LogP contribution in [0.2, 0.25) is 0 Å². The Kier molecular flexibility index (Phi) is 12.4. The highest BCUT2D eigenvalue weighted by molar-refractivity contribution is 6.22. The summed E-state index contributed by atoms with van der Waals surface area (Å²) in [6.45, 7) is 16.6. The number of carbonyl (C=O) groups is 2. The fourth-order valence-electron chi connectivity index (χ4n) is 9.81. The molecule has 9 aliphatic rings. The quantitative estimate of drug-likeness (QED) is 0.0944. The largest absolute Gasteiger partial charge is 0.507 e. The number of amides is 1. The van der Waals surface area contributed by atoms with Gasteiger partial charge in [0.15, 0.2) is 11.3 Å². The van der Waals surface area contributed by atoms with Crippen LogP contribution in [0.1, 0.15) is 64.4 Å². The van der Waals surface area contributed by atoms with Gasteiger partial charge in [-0.05, 0) is 26.7 Å². The van der Waals surface area contributed by atoms with Crippen molar-refractivity contribution in [1.29, 1.82) is 0 Å². The Morgan fingerprint density at radius 2 is 1.67 bits per heavy atom. The zero-order valence-electron chi connectivity index (χ0n) is 38.6. The first kappa shape index (κ1) is 46.8. The number of carbonyl (C=O) groups excluding carboxylic acids is 2. The molecule has 2 aromatic carbocycles. The summed E-state index contributed by atoms with van der Waals surface area (Å²) in [6.07, 6.45) is 4.24. The van der Waals surface area contributed by atoms with E-state index < -0.39 is 64.4 Å². The van der Waals surface area contributed by atoms with Gasteiger partial charge in [-0.25, -0.2) is 4.98 Å². The normalized spacial score (nSPS) is 32.2. The van der Waals surface area contributed by atoms with E-state index in [0.29, 0.717) is 38.4 Å². The summed E-state index contributed by atoms with van der Waals surface area (Å²) in [5.74, 6) is -3.70. The number of hydrogen-bond donors (Lipinski definition) is 6. The molecule has 11 rings (SSSR count). The minimum Gasteiger partial charge on any atom is -0.507 e. The molecule has 10 atom stereocenters. The average molecular weight is 911 g/mol. The third-order valence-electron chi connectivity index (χ3n) is 14.4. The fraction of sp³-hybridized carbons (Fsp3) is 0.510. The number of methoxy groups -OCH3 is 1. The zero-order chi connectivity index (χ0) is 47.7. The Labute approximate surface area is 381 Å². The van der Waals surface area contributed by atoms with Crippen molar-refractivity contribution in [1.82, 2.24) is 9.88 Å². The summed E-state index contributed by atoms with van der Waals surface area (Å²) in [6, 6.07) is 3.20. The molecule has 0 unspecified atom stereocenters. The molecule has 1 amide bonds. The van der Waals surface area contributed by atoms with E-state index in [4.69, 9.17) is 28.3 Å². The molecule has 17 heteroatoms. The van der Waals surface area contributed by atoms with Crippen LogP contribution in [-0.4, -0.2) is 129 Å². The molecule has 7 bridgehead atoms. The number of rotatable bonds is 4. The van der Waals surface area contributed by atoms with Gasteiger partial charge < -0.3 is 59.1 Å². The van der Waals surface area contributed by atoms with Crippen LogP contribution in [0.5, 0.6) is 17.2 Å². The molecular weight excluding hydrogens is 853 g/mol. The first-order valence-electron chi connectivity index (χ1n) is 22.3. The van der Waals surface area contributed by atoms with E-state index in [0.717, 1.165) is 0 Å². The van der Waals surface area contributed by atoms with Gasteiger partial charge in [0.25, 0.3) is 11.7 Å². The summed E-state index contributed by atoms with van der Waals surface area (Å²) in [4.78, 5) is 52.6. The van der Waals surface area contributed by atoms with Crippen molar-refractivity contribution >= 4 is 44.9 Å².